The maximum Gasteiger partial charge on any atom is 1.00 e. The topological polar surface area (TPSA) is 250 Å². The van der Waals surface area contributed by atoms with E-state index in [4.69, 9.17) is 15.2 Å². The first-order chi connectivity index (χ1) is 24.0. The normalized spacial score (nSPS) is 21.4. The average Bonchev–Trinajstić information content (AvgIpc) is 3.72. The molecule has 0 radical (unpaired) electrons. The Morgan fingerprint density at radius 1 is 1.18 bits per heavy atom. The van der Waals surface area contributed by atoms with Gasteiger partial charge in [0.25, 0.3) is 5.91 Å². The van der Waals surface area contributed by atoms with Gasteiger partial charge in [-0.05, 0) is 61.6 Å². The first kappa shape index (κ1) is 39.9. The number of hydrogen-bond donors (Lipinski definition) is 7. The Kier molecular flexibility index (Phi) is 14.1. The quantitative estimate of drug-likeness (QED) is 0.0335. The molecule has 4 aromatic rings. The molecular formula is C34H42N7NaO9. The molecule has 0 spiro atoms. The minimum absolute atomic E-state index is 0. The number of benzene rings is 2. The number of aromatic nitrogens is 4. The second kappa shape index (κ2) is 18.1. The number of rotatable bonds is 16. The minimum atomic E-state index is -2.52. The molecule has 6 atom stereocenters. The molecule has 1 aliphatic rings. The van der Waals surface area contributed by atoms with E-state index < -0.39 is 67.0 Å². The van der Waals surface area contributed by atoms with E-state index in [1.807, 2.05) is 24.4 Å². The number of aromatic amines is 1. The summed E-state index contributed by atoms with van der Waals surface area (Å²) < 4.78 is 13.1. The first-order valence-electron chi connectivity index (χ1n) is 16.4. The summed E-state index contributed by atoms with van der Waals surface area (Å²) in [7, 11) is 0. The molecule has 3 heterocycles. The van der Waals surface area contributed by atoms with Crippen LogP contribution in [0.5, 0.6) is 0 Å². The molecule has 5 rings (SSSR count). The number of H-pyrrole nitrogens is 1. The molecule has 8 N–H and O–H groups in total. The maximum absolute atomic E-state index is 12.4. The number of nitrogens with one attached hydrogen (secondary N) is 3. The zero-order valence-electron chi connectivity index (χ0n) is 28.5. The number of amides is 2. The van der Waals surface area contributed by atoms with E-state index in [0.29, 0.717) is 36.3 Å². The number of aryl methyl sites for hydroxylation is 3. The monoisotopic (exact) mass is 715 g/mol. The van der Waals surface area contributed by atoms with Crippen molar-refractivity contribution in [1.29, 1.82) is 0 Å². The van der Waals surface area contributed by atoms with Gasteiger partial charge in [0.2, 0.25) is 11.7 Å². The van der Waals surface area contributed by atoms with Gasteiger partial charge in [0, 0.05) is 61.0 Å². The number of ether oxygens (including phenoxy) is 2. The van der Waals surface area contributed by atoms with Gasteiger partial charge in [-0.3, -0.25) is 14.3 Å². The maximum atomic E-state index is 12.4. The number of carbonyl (C=O) groups excluding carboxylic acids is 3. The second-order valence-electron chi connectivity index (χ2n) is 12.4. The largest absolute Gasteiger partial charge is 1.00 e. The molecule has 1 unspecified atom stereocenters. The van der Waals surface area contributed by atoms with Crippen LogP contribution >= 0.6 is 0 Å². The molecule has 0 saturated carbocycles. The Hall–Kier alpha value is -3.87. The third-order valence-corrected chi connectivity index (χ3v) is 8.62. The number of aliphatic hydroxyl groups excluding tert-OH is 3. The molecule has 2 aromatic heterocycles. The zero-order valence-corrected chi connectivity index (χ0v) is 30.5. The van der Waals surface area contributed by atoms with Crippen molar-refractivity contribution >= 4 is 34.4 Å². The van der Waals surface area contributed by atoms with Gasteiger partial charge in [-0.1, -0.05) is 23.4 Å². The van der Waals surface area contributed by atoms with Crippen LogP contribution in [-0.4, -0.2) is 102 Å². The Morgan fingerprint density at radius 2 is 1.94 bits per heavy atom. The smallest absolute Gasteiger partial charge is 0.544 e. The van der Waals surface area contributed by atoms with Crippen molar-refractivity contribution in [1.82, 2.24) is 30.6 Å². The van der Waals surface area contributed by atoms with Crippen molar-refractivity contribution < 1.29 is 73.8 Å². The minimum Gasteiger partial charge on any atom is -0.544 e. The van der Waals surface area contributed by atoms with E-state index in [0.717, 1.165) is 29.3 Å². The van der Waals surface area contributed by atoms with Crippen LogP contribution < -0.4 is 51.0 Å². The number of carboxylic acids is 1. The summed E-state index contributed by atoms with van der Waals surface area (Å²) in [5.41, 5.74) is 9.79. The van der Waals surface area contributed by atoms with Crippen molar-refractivity contribution in [3.05, 3.63) is 77.7 Å². The SMILES string of the molecule is CC(=O)N[C@H]1C([C@H](O)[C@H](O)CNC(=O)c2ccccc2)O[C@@](OCCCc2cn(CCCc3c[nH]c4ccc(N)cc34)nn2)(C(=O)[O-])C[C@@H]1O.[Na+]. The number of fused-ring (bicyclic) bond motifs is 1. The number of anilines is 1. The molecule has 0 bridgehead atoms. The van der Waals surface area contributed by atoms with Crippen LogP contribution in [0.4, 0.5) is 5.69 Å². The summed E-state index contributed by atoms with van der Waals surface area (Å²) in [6.07, 6.45) is -1.36. The van der Waals surface area contributed by atoms with Crippen LogP contribution in [0.2, 0.25) is 0 Å². The fraction of sp³-hybridized carbons (Fsp3) is 0.441. The van der Waals surface area contributed by atoms with Crippen LogP contribution in [0, 0.1) is 0 Å². The Balaban J connectivity index is 0.00000583. The molecule has 17 heteroatoms. The number of aliphatic hydroxyl groups is 3. The van der Waals surface area contributed by atoms with Gasteiger partial charge >= 0.3 is 29.6 Å². The summed E-state index contributed by atoms with van der Waals surface area (Å²) >= 11 is 0. The summed E-state index contributed by atoms with van der Waals surface area (Å²) in [4.78, 5) is 40.0. The van der Waals surface area contributed by atoms with E-state index in [9.17, 15) is 34.8 Å². The number of carboxylic acid groups (broad SMARTS) is 1. The standard InChI is InChI=1S/C34H43N7O9.Na/c1-20(42)38-29-27(43)16-34(33(47)48,50-31(29)30(45)28(44)18-37-32(46)21-7-3-2-4-8-21)49-14-6-10-24-19-41(40-39-24)13-5-9-22-17-36-26-12-11-23(35)15-25(22)26;/h2-4,7-8,11-12,15,17,19,27-31,36,43-45H,5-6,9-10,13-14,16,18,35H2,1H3,(H,37,46)(H,38,42)(H,47,48);/q;+1/p-1/t27-,28+,29+,30+,31?,34+;/m0./s1. The van der Waals surface area contributed by atoms with Gasteiger partial charge in [0.1, 0.15) is 18.2 Å². The molecule has 2 amide bonds. The Labute approximate surface area is 316 Å². The van der Waals surface area contributed by atoms with E-state index >= 15 is 0 Å². The van der Waals surface area contributed by atoms with Crippen molar-refractivity contribution in [2.45, 2.75) is 81.8 Å². The van der Waals surface area contributed by atoms with Crippen molar-refractivity contribution in [2.75, 3.05) is 18.9 Å². The molecule has 51 heavy (non-hydrogen) atoms. The average molecular weight is 716 g/mol. The molecule has 1 saturated heterocycles. The fourth-order valence-electron chi connectivity index (χ4n) is 6.06. The molecule has 1 fully saturated rings. The number of nitrogens with two attached hydrogens (primary N) is 1. The van der Waals surface area contributed by atoms with E-state index in [2.05, 4.69) is 25.9 Å². The van der Waals surface area contributed by atoms with Crippen molar-refractivity contribution in [2.24, 2.45) is 0 Å². The first-order valence-corrected chi connectivity index (χ1v) is 16.4. The van der Waals surface area contributed by atoms with Gasteiger partial charge in [-0.15, -0.1) is 5.10 Å². The summed E-state index contributed by atoms with van der Waals surface area (Å²) in [5.74, 6) is -5.45. The Morgan fingerprint density at radius 3 is 2.67 bits per heavy atom. The number of carbonyl (C=O) groups is 3. The molecule has 268 valence electrons. The van der Waals surface area contributed by atoms with Gasteiger partial charge < -0.3 is 56.0 Å². The Bertz CT molecular complexity index is 1770. The molecular weight excluding hydrogens is 673 g/mol. The van der Waals surface area contributed by atoms with Crippen molar-refractivity contribution in [3.8, 4) is 0 Å². The van der Waals surface area contributed by atoms with Crippen LogP contribution in [0.25, 0.3) is 10.9 Å². The van der Waals surface area contributed by atoms with Crippen LogP contribution in [0.1, 0.15) is 47.8 Å². The fourth-order valence-corrected chi connectivity index (χ4v) is 6.06. The van der Waals surface area contributed by atoms with Gasteiger partial charge in [0.05, 0.1) is 30.6 Å². The number of nitrogen functional groups attached to an aromatic ring is 1. The number of aliphatic carboxylic acids is 1. The van der Waals surface area contributed by atoms with Gasteiger partial charge in [-0.25, -0.2) is 0 Å². The summed E-state index contributed by atoms with van der Waals surface area (Å²) in [6, 6.07) is 12.6. The van der Waals surface area contributed by atoms with Crippen LogP contribution in [0.3, 0.4) is 0 Å². The predicted octanol–water partition coefficient (Wildman–Crippen LogP) is -3.82. The number of hydrogen-bond acceptors (Lipinski definition) is 12. The third-order valence-electron chi connectivity index (χ3n) is 8.62. The molecule has 2 aromatic carbocycles. The zero-order chi connectivity index (χ0) is 35.8. The van der Waals surface area contributed by atoms with Gasteiger partial charge in [0.15, 0.2) is 0 Å². The van der Waals surface area contributed by atoms with Crippen LogP contribution in [-0.2, 0) is 38.4 Å². The van der Waals surface area contributed by atoms with E-state index in [1.54, 1.807) is 41.2 Å². The molecule has 0 aliphatic carbocycles. The van der Waals surface area contributed by atoms with E-state index in [1.165, 1.54) is 6.92 Å². The number of nitrogens with zero attached hydrogens (tertiary/aromatic N) is 3. The van der Waals surface area contributed by atoms with Crippen molar-refractivity contribution in [3.63, 3.8) is 0 Å². The second-order valence-corrected chi connectivity index (χ2v) is 12.4. The third kappa shape index (κ3) is 10.1. The van der Waals surface area contributed by atoms with E-state index in [-0.39, 0.29) is 36.2 Å². The summed E-state index contributed by atoms with van der Waals surface area (Å²) in [5, 5.41) is 59.5. The predicted molar refractivity (Wildman–Crippen MR) is 177 cm³/mol. The molecule has 16 nitrogen and oxygen atoms in total. The van der Waals surface area contributed by atoms with Gasteiger partial charge in [-0.2, -0.15) is 0 Å². The molecule has 1 aliphatic heterocycles. The summed E-state index contributed by atoms with van der Waals surface area (Å²) in [6.45, 7) is 1.18. The van der Waals surface area contributed by atoms with Crippen LogP contribution in [0.15, 0.2) is 60.9 Å².